The highest BCUT2D eigenvalue weighted by atomic mass is 16.4. The van der Waals surface area contributed by atoms with Gasteiger partial charge in [-0.25, -0.2) is 0 Å². The quantitative estimate of drug-likeness (QED) is 0.878. The number of aryl methyl sites for hydroxylation is 1. The normalized spacial score (nSPS) is 23.6. The number of fused-ring (bicyclic) bond motifs is 1. The van der Waals surface area contributed by atoms with Crippen LogP contribution in [0.4, 0.5) is 0 Å². The molecule has 3 rings (SSSR count). The van der Waals surface area contributed by atoms with Crippen molar-refractivity contribution < 1.29 is 9.90 Å². The second-order valence-electron chi connectivity index (χ2n) is 5.04. The number of hydrogen-bond donors (Lipinski definition) is 1. The van der Waals surface area contributed by atoms with Crippen LogP contribution in [0.5, 0.6) is 0 Å². The molecule has 1 aliphatic carbocycles. The van der Waals surface area contributed by atoms with Crippen molar-refractivity contribution in [2.45, 2.75) is 32.1 Å². The highest BCUT2D eigenvalue weighted by molar-refractivity contribution is 5.70. The van der Waals surface area contributed by atoms with Gasteiger partial charge in [0.1, 0.15) is 5.82 Å². The number of nitrogens with zero attached hydrogens (tertiary/aromatic N) is 3. The topological polar surface area (TPSA) is 67.5 Å². The first-order chi connectivity index (χ1) is 8.65. The fourth-order valence-corrected chi connectivity index (χ4v) is 2.73. The monoisotopic (exact) mass is 245 g/mol. The second kappa shape index (κ2) is 4.08. The summed E-state index contributed by atoms with van der Waals surface area (Å²) in [6.07, 6.45) is 4.25. The molecule has 0 bridgehead atoms. The molecule has 5 nitrogen and oxygen atoms in total. The minimum absolute atomic E-state index is 0.212. The number of rotatable bonds is 2. The van der Waals surface area contributed by atoms with Gasteiger partial charge in [-0.15, -0.1) is 10.2 Å². The van der Waals surface area contributed by atoms with Crippen molar-refractivity contribution in [3.05, 3.63) is 29.7 Å². The van der Waals surface area contributed by atoms with Gasteiger partial charge in [0.05, 0.1) is 5.92 Å². The van der Waals surface area contributed by atoms with E-state index in [1.807, 2.05) is 29.7 Å². The zero-order valence-electron chi connectivity index (χ0n) is 10.2. The Morgan fingerprint density at radius 1 is 1.44 bits per heavy atom. The first-order valence-corrected chi connectivity index (χ1v) is 6.19. The van der Waals surface area contributed by atoms with E-state index in [-0.39, 0.29) is 11.8 Å². The maximum absolute atomic E-state index is 11.0. The molecular formula is C13H15N3O2. The van der Waals surface area contributed by atoms with E-state index in [0.29, 0.717) is 6.42 Å². The summed E-state index contributed by atoms with van der Waals surface area (Å²) in [5.74, 6) is 0.188. The number of carboxylic acid groups (broad SMARTS) is 1. The number of hydrogen-bond acceptors (Lipinski definition) is 3. The molecule has 0 radical (unpaired) electrons. The minimum Gasteiger partial charge on any atom is -0.481 e. The molecule has 2 aromatic rings. The van der Waals surface area contributed by atoms with Gasteiger partial charge >= 0.3 is 5.97 Å². The number of carboxylic acids is 1. The Hall–Kier alpha value is -1.91. The lowest BCUT2D eigenvalue weighted by molar-refractivity contribution is -0.141. The fourth-order valence-electron chi connectivity index (χ4n) is 2.73. The molecule has 94 valence electrons. The molecule has 1 saturated carbocycles. The van der Waals surface area contributed by atoms with Gasteiger partial charge < -0.3 is 5.11 Å². The highest BCUT2D eigenvalue weighted by Gasteiger charge is 2.33. The van der Waals surface area contributed by atoms with E-state index >= 15 is 0 Å². The van der Waals surface area contributed by atoms with Gasteiger partial charge in [0, 0.05) is 12.1 Å². The second-order valence-corrected chi connectivity index (χ2v) is 5.04. The molecule has 0 aromatic carbocycles. The Morgan fingerprint density at radius 3 is 3.00 bits per heavy atom. The number of carbonyl (C=O) groups is 1. The summed E-state index contributed by atoms with van der Waals surface area (Å²) in [5.41, 5.74) is 1.99. The zero-order chi connectivity index (χ0) is 12.7. The Balaban J connectivity index is 1.94. The van der Waals surface area contributed by atoms with E-state index in [2.05, 4.69) is 10.2 Å². The smallest absolute Gasteiger partial charge is 0.306 e. The van der Waals surface area contributed by atoms with Crippen LogP contribution in [0.15, 0.2) is 18.3 Å². The summed E-state index contributed by atoms with van der Waals surface area (Å²) in [6.45, 7) is 2.02. The van der Waals surface area contributed by atoms with Crippen molar-refractivity contribution in [2.24, 2.45) is 5.92 Å². The molecule has 0 saturated heterocycles. The maximum atomic E-state index is 11.0. The lowest BCUT2D eigenvalue weighted by Gasteiger charge is -2.07. The summed E-state index contributed by atoms with van der Waals surface area (Å²) < 4.78 is 1.97. The van der Waals surface area contributed by atoms with E-state index in [4.69, 9.17) is 5.11 Å². The largest absolute Gasteiger partial charge is 0.481 e. The first kappa shape index (κ1) is 11.2. The summed E-state index contributed by atoms with van der Waals surface area (Å²) >= 11 is 0. The van der Waals surface area contributed by atoms with Crippen molar-refractivity contribution in [3.63, 3.8) is 0 Å². The molecule has 1 N–H and O–H groups in total. The van der Waals surface area contributed by atoms with Crippen LogP contribution >= 0.6 is 0 Å². The van der Waals surface area contributed by atoms with E-state index in [9.17, 15) is 4.79 Å². The van der Waals surface area contributed by atoms with Gasteiger partial charge in [-0.05, 0) is 43.9 Å². The zero-order valence-corrected chi connectivity index (χ0v) is 10.2. The lowest BCUT2D eigenvalue weighted by atomic mass is 10.0. The fraction of sp³-hybridized carbons (Fsp3) is 0.462. The molecule has 0 amide bonds. The third-order valence-corrected chi connectivity index (χ3v) is 3.74. The highest BCUT2D eigenvalue weighted by Crippen LogP contribution is 2.37. The van der Waals surface area contributed by atoms with Crippen LogP contribution < -0.4 is 0 Å². The summed E-state index contributed by atoms with van der Waals surface area (Å²) in [4.78, 5) is 11.0. The number of pyridine rings is 1. The number of aliphatic carboxylic acids is 1. The van der Waals surface area contributed by atoms with Crippen LogP contribution in [0.1, 0.15) is 36.6 Å². The Morgan fingerprint density at radius 2 is 2.28 bits per heavy atom. The molecule has 0 aliphatic heterocycles. The van der Waals surface area contributed by atoms with Crippen molar-refractivity contribution in [2.75, 3.05) is 0 Å². The molecule has 2 heterocycles. The predicted molar refractivity (Wildman–Crippen MR) is 65.4 cm³/mol. The average molecular weight is 245 g/mol. The predicted octanol–water partition coefficient (Wildman–Crippen LogP) is 2.01. The van der Waals surface area contributed by atoms with Crippen LogP contribution in [0.2, 0.25) is 0 Å². The number of aromatic nitrogens is 3. The van der Waals surface area contributed by atoms with Gasteiger partial charge in [-0.2, -0.15) is 0 Å². The SMILES string of the molecule is Cc1ccn2c(C3CCC(C(=O)O)C3)nnc2c1. The summed E-state index contributed by atoms with van der Waals surface area (Å²) in [5, 5.41) is 17.4. The first-order valence-electron chi connectivity index (χ1n) is 6.19. The molecule has 2 unspecified atom stereocenters. The van der Waals surface area contributed by atoms with Crippen molar-refractivity contribution >= 4 is 11.6 Å². The molecule has 0 spiro atoms. The third kappa shape index (κ3) is 1.75. The van der Waals surface area contributed by atoms with E-state index in [1.54, 1.807) is 0 Å². The molecule has 1 fully saturated rings. The standard InChI is InChI=1S/C13H15N3O2/c1-8-4-5-16-11(6-8)14-15-12(16)9-2-3-10(7-9)13(17)18/h4-6,9-10H,2-3,7H2,1H3,(H,17,18). The Kier molecular flexibility index (Phi) is 2.54. The minimum atomic E-state index is -0.692. The van der Waals surface area contributed by atoms with Crippen LogP contribution in [0, 0.1) is 12.8 Å². The van der Waals surface area contributed by atoms with Gasteiger partial charge in [-0.1, -0.05) is 0 Å². The Bertz CT molecular complexity index is 605. The molecule has 18 heavy (non-hydrogen) atoms. The molecule has 2 atom stereocenters. The van der Waals surface area contributed by atoms with Gasteiger partial charge in [0.25, 0.3) is 0 Å². The Labute approximate surface area is 104 Å². The van der Waals surface area contributed by atoms with Crippen LogP contribution in [0.3, 0.4) is 0 Å². The summed E-state index contributed by atoms with van der Waals surface area (Å²) in [7, 11) is 0. The van der Waals surface area contributed by atoms with Gasteiger partial charge in [0.2, 0.25) is 0 Å². The van der Waals surface area contributed by atoms with Crippen molar-refractivity contribution in [3.8, 4) is 0 Å². The van der Waals surface area contributed by atoms with E-state index in [1.165, 1.54) is 0 Å². The van der Waals surface area contributed by atoms with Crippen LogP contribution in [0.25, 0.3) is 5.65 Å². The van der Waals surface area contributed by atoms with Gasteiger partial charge in [-0.3, -0.25) is 9.20 Å². The van der Waals surface area contributed by atoms with Crippen LogP contribution in [-0.2, 0) is 4.79 Å². The molecule has 5 heteroatoms. The van der Waals surface area contributed by atoms with Gasteiger partial charge in [0.15, 0.2) is 5.65 Å². The lowest BCUT2D eigenvalue weighted by Crippen LogP contribution is -2.10. The van der Waals surface area contributed by atoms with E-state index in [0.717, 1.165) is 29.9 Å². The maximum Gasteiger partial charge on any atom is 0.306 e. The van der Waals surface area contributed by atoms with Crippen molar-refractivity contribution in [1.82, 2.24) is 14.6 Å². The van der Waals surface area contributed by atoms with Crippen LogP contribution in [-0.4, -0.2) is 25.7 Å². The molecular weight excluding hydrogens is 230 g/mol. The average Bonchev–Trinajstić information content (AvgIpc) is 2.92. The molecule has 2 aromatic heterocycles. The van der Waals surface area contributed by atoms with E-state index < -0.39 is 5.97 Å². The molecule has 1 aliphatic rings. The summed E-state index contributed by atoms with van der Waals surface area (Å²) in [6, 6.07) is 4.00. The van der Waals surface area contributed by atoms with Crippen molar-refractivity contribution in [1.29, 1.82) is 0 Å². The third-order valence-electron chi connectivity index (χ3n) is 3.74.